The molecule has 3 heteroatoms. The molecule has 0 rings (SSSR count). The molecule has 0 fully saturated rings. The van der Waals surface area contributed by atoms with Gasteiger partial charge < -0.3 is 10.5 Å². The fourth-order valence-electron chi connectivity index (χ4n) is 0.461. The van der Waals surface area contributed by atoms with Crippen LogP contribution in [0.4, 0.5) is 0 Å². The Kier molecular flexibility index (Phi) is 4.58. The second-order valence-electron chi connectivity index (χ2n) is 2.10. The first kappa shape index (κ1) is 9.17. The Balaban J connectivity index is 3.39. The van der Waals surface area contributed by atoms with Crippen LogP contribution in [0.25, 0.3) is 0 Å². The van der Waals surface area contributed by atoms with E-state index in [0.29, 0.717) is 0 Å². The lowest BCUT2D eigenvalue weighted by molar-refractivity contribution is -0.122. The summed E-state index contributed by atoms with van der Waals surface area (Å²) in [7, 11) is 0. The number of carbonyl (C=O) groups is 1. The summed E-state index contributed by atoms with van der Waals surface area (Å²) in [5.74, 6) is 0.0253. The zero-order valence-corrected chi connectivity index (χ0v) is 6.33. The molecule has 1 unspecified atom stereocenters. The van der Waals surface area contributed by atoms with Gasteiger partial charge in [-0.25, -0.2) is 0 Å². The molecule has 10 heavy (non-hydrogen) atoms. The Morgan fingerprint density at radius 2 is 2.40 bits per heavy atom. The Morgan fingerprint density at radius 3 is 2.80 bits per heavy atom. The van der Waals surface area contributed by atoms with E-state index in [2.05, 4.69) is 0 Å². The first-order chi connectivity index (χ1) is 4.66. The number of carbonyl (C=O) groups excluding carboxylic acids is 1. The van der Waals surface area contributed by atoms with Gasteiger partial charge in [0.05, 0.1) is 6.10 Å². The van der Waals surface area contributed by atoms with Gasteiger partial charge in [-0.15, -0.1) is 0 Å². The minimum absolute atomic E-state index is 0.0253. The van der Waals surface area contributed by atoms with Crippen LogP contribution in [-0.4, -0.2) is 18.5 Å². The number of Topliss-reactive ketones (excluding diaryl/α,β-unsaturated/α-hetero) is 1. The number of ether oxygens (including phenoxy) is 1. The van der Waals surface area contributed by atoms with Crippen molar-refractivity contribution in [2.24, 2.45) is 5.73 Å². The van der Waals surface area contributed by atoms with Gasteiger partial charge in [-0.1, -0.05) is 0 Å². The molecule has 0 radical (unpaired) electrons. The quantitative estimate of drug-likeness (QED) is 0.621. The highest BCUT2D eigenvalue weighted by Crippen LogP contribution is 1.90. The summed E-state index contributed by atoms with van der Waals surface area (Å²) in [4.78, 5) is 10.4. The van der Waals surface area contributed by atoms with E-state index >= 15 is 0 Å². The molecule has 0 spiro atoms. The number of rotatable bonds is 4. The number of nitrogens with two attached hydrogens (primary N) is 1. The van der Waals surface area contributed by atoms with Crippen LogP contribution in [0.1, 0.15) is 13.8 Å². The third-order valence-electron chi connectivity index (χ3n) is 0.932. The Hall–Kier alpha value is -0.830. The summed E-state index contributed by atoms with van der Waals surface area (Å²) in [5.41, 5.74) is 5.09. The van der Waals surface area contributed by atoms with Crippen molar-refractivity contribution >= 4 is 5.78 Å². The van der Waals surface area contributed by atoms with Crippen molar-refractivity contribution in [1.29, 1.82) is 0 Å². The maximum Gasteiger partial charge on any atom is 0.155 e. The maximum absolute atomic E-state index is 10.4. The Morgan fingerprint density at radius 1 is 1.80 bits per heavy atom. The van der Waals surface area contributed by atoms with Crippen molar-refractivity contribution in [2.45, 2.75) is 20.0 Å². The van der Waals surface area contributed by atoms with Gasteiger partial charge in [0.1, 0.15) is 6.61 Å². The third-order valence-corrected chi connectivity index (χ3v) is 0.932. The lowest BCUT2D eigenvalue weighted by Gasteiger charge is -2.04. The molecule has 0 aliphatic heterocycles. The van der Waals surface area contributed by atoms with Crippen LogP contribution in [0.3, 0.4) is 0 Å². The molecule has 58 valence electrons. The first-order valence-electron chi connectivity index (χ1n) is 3.16. The monoisotopic (exact) mass is 143 g/mol. The molecule has 0 aromatic carbocycles. The average molecular weight is 143 g/mol. The van der Waals surface area contributed by atoms with Crippen LogP contribution >= 0.6 is 0 Å². The van der Waals surface area contributed by atoms with E-state index < -0.39 is 0 Å². The molecule has 0 amide bonds. The van der Waals surface area contributed by atoms with Crippen LogP contribution < -0.4 is 5.73 Å². The molecule has 0 saturated heterocycles. The fraction of sp³-hybridized carbons (Fsp3) is 0.571. The normalized spacial score (nSPS) is 13.8. The van der Waals surface area contributed by atoms with Crippen LogP contribution in [0.15, 0.2) is 12.3 Å². The van der Waals surface area contributed by atoms with E-state index in [-0.39, 0.29) is 18.5 Å². The van der Waals surface area contributed by atoms with Gasteiger partial charge in [0.2, 0.25) is 0 Å². The van der Waals surface area contributed by atoms with Gasteiger partial charge in [0.15, 0.2) is 5.78 Å². The number of hydrogen-bond acceptors (Lipinski definition) is 3. The van der Waals surface area contributed by atoms with Crippen molar-refractivity contribution in [2.75, 3.05) is 6.61 Å². The minimum atomic E-state index is -0.0751. The van der Waals surface area contributed by atoms with Gasteiger partial charge in [0.25, 0.3) is 0 Å². The van der Waals surface area contributed by atoms with Crippen molar-refractivity contribution in [3.05, 3.63) is 12.3 Å². The molecular weight excluding hydrogens is 130 g/mol. The van der Waals surface area contributed by atoms with Crippen molar-refractivity contribution in [1.82, 2.24) is 0 Å². The predicted octanol–water partition coefficient (Wildman–Crippen LogP) is 0.453. The summed E-state index contributed by atoms with van der Waals surface area (Å²) < 4.78 is 5.03. The smallest absolute Gasteiger partial charge is 0.155 e. The van der Waals surface area contributed by atoms with Crippen molar-refractivity contribution in [3.8, 4) is 0 Å². The number of hydrogen-bond donors (Lipinski definition) is 1. The summed E-state index contributed by atoms with van der Waals surface area (Å²) in [6.45, 7) is 3.47. The second kappa shape index (κ2) is 4.99. The van der Waals surface area contributed by atoms with Gasteiger partial charge in [0, 0.05) is 0 Å². The molecule has 0 aromatic heterocycles. The first-order valence-corrected chi connectivity index (χ1v) is 3.16. The van der Waals surface area contributed by atoms with Crippen LogP contribution in [0.2, 0.25) is 0 Å². The molecule has 2 N–H and O–H groups in total. The van der Waals surface area contributed by atoms with E-state index in [1.807, 2.05) is 6.92 Å². The Bertz CT molecular complexity index is 132. The molecule has 1 atom stereocenters. The molecule has 0 bridgehead atoms. The lowest BCUT2D eigenvalue weighted by atomic mass is 10.4. The van der Waals surface area contributed by atoms with Gasteiger partial charge >= 0.3 is 0 Å². The van der Waals surface area contributed by atoms with E-state index in [4.69, 9.17) is 10.5 Å². The summed E-state index contributed by atoms with van der Waals surface area (Å²) in [6.07, 6.45) is 3.02. The highest BCUT2D eigenvalue weighted by Gasteiger charge is 1.97. The lowest BCUT2D eigenvalue weighted by Crippen LogP contribution is -2.11. The molecule has 0 saturated carbocycles. The highest BCUT2D eigenvalue weighted by molar-refractivity contribution is 5.76. The fourth-order valence-corrected chi connectivity index (χ4v) is 0.461. The predicted molar refractivity (Wildman–Crippen MR) is 39.4 cm³/mol. The van der Waals surface area contributed by atoms with Crippen LogP contribution in [0, 0.1) is 0 Å². The standard InChI is InChI=1S/C7H13NO2/c1-6(9)5-10-7(2)3-4-8/h3-4,7H,5,8H2,1-2H3/b4-3+. The second-order valence-corrected chi connectivity index (χ2v) is 2.10. The topological polar surface area (TPSA) is 52.3 Å². The van der Waals surface area contributed by atoms with E-state index in [1.54, 1.807) is 6.08 Å². The van der Waals surface area contributed by atoms with E-state index in [1.165, 1.54) is 13.1 Å². The van der Waals surface area contributed by atoms with Gasteiger partial charge in [-0.3, -0.25) is 4.79 Å². The zero-order valence-electron chi connectivity index (χ0n) is 6.33. The highest BCUT2D eigenvalue weighted by atomic mass is 16.5. The largest absolute Gasteiger partial charge is 0.405 e. The molecule has 0 aromatic rings. The van der Waals surface area contributed by atoms with Gasteiger partial charge in [-0.05, 0) is 26.1 Å². The molecule has 0 aliphatic rings. The van der Waals surface area contributed by atoms with Crippen LogP contribution in [0.5, 0.6) is 0 Å². The van der Waals surface area contributed by atoms with Crippen LogP contribution in [-0.2, 0) is 9.53 Å². The molecular formula is C7H13NO2. The third kappa shape index (κ3) is 5.31. The van der Waals surface area contributed by atoms with Crippen molar-refractivity contribution in [3.63, 3.8) is 0 Å². The van der Waals surface area contributed by atoms with Gasteiger partial charge in [-0.2, -0.15) is 0 Å². The molecule has 0 aliphatic carbocycles. The number of ketones is 1. The molecule has 0 heterocycles. The van der Waals surface area contributed by atoms with Crippen molar-refractivity contribution < 1.29 is 9.53 Å². The average Bonchev–Trinajstić information content (AvgIpc) is 1.85. The van der Waals surface area contributed by atoms with E-state index in [0.717, 1.165) is 0 Å². The maximum atomic E-state index is 10.4. The summed E-state index contributed by atoms with van der Waals surface area (Å²) in [5, 5.41) is 0. The summed E-state index contributed by atoms with van der Waals surface area (Å²) >= 11 is 0. The van der Waals surface area contributed by atoms with E-state index in [9.17, 15) is 4.79 Å². The Labute approximate surface area is 60.9 Å². The SMILES string of the molecule is CC(=O)COC(C)/C=C/N. The zero-order chi connectivity index (χ0) is 7.98. The summed E-state index contributed by atoms with van der Waals surface area (Å²) in [6, 6.07) is 0. The molecule has 3 nitrogen and oxygen atoms in total. The minimum Gasteiger partial charge on any atom is -0.405 e.